The summed E-state index contributed by atoms with van der Waals surface area (Å²) in [6, 6.07) is 0. The van der Waals surface area contributed by atoms with Crippen molar-refractivity contribution < 1.29 is 19.8 Å². The third-order valence-corrected chi connectivity index (χ3v) is 1.12. The molecule has 0 fully saturated rings. The summed E-state index contributed by atoms with van der Waals surface area (Å²) < 4.78 is 0. The summed E-state index contributed by atoms with van der Waals surface area (Å²) in [6.07, 6.45) is -1.48. The highest BCUT2D eigenvalue weighted by molar-refractivity contribution is 5.52. The van der Waals surface area contributed by atoms with Crippen molar-refractivity contribution in [1.82, 2.24) is 0 Å². The molecule has 0 aromatic carbocycles. The lowest BCUT2D eigenvalue weighted by atomic mass is 10.1. The first-order valence-electron chi connectivity index (χ1n) is 2.95. The molecule has 0 bridgehead atoms. The highest BCUT2D eigenvalue weighted by Gasteiger charge is 2.14. The largest absolute Gasteiger partial charge is 0.390 e. The predicted molar refractivity (Wildman–Crippen MR) is 33.4 cm³/mol. The zero-order valence-corrected chi connectivity index (χ0v) is 5.43. The number of hydrogen-bond donors (Lipinski definition) is 2. The van der Waals surface area contributed by atoms with E-state index in [-0.39, 0.29) is 12.8 Å². The SMILES string of the molecule is O=CCC(O)C(O)CC=O. The summed E-state index contributed by atoms with van der Waals surface area (Å²) in [5.74, 6) is 0. The maximum Gasteiger partial charge on any atom is 0.122 e. The molecule has 4 heteroatoms. The molecule has 10 heavy (non-hydrogen) atoms. The number of carbonyl (C=O) groups excluding carboxylic acids is 2. The lowest BCUT2D eigenvalue weighted by Crippen LogP contribution is -2.26. The van der Waals surface area contributed by atoms with E-state index < -0.39 is 12.2 Å². The molecule has 0 heterocycles. The van der Waals surface area contributed by atoms with Gasteiger partial charge in [-0.25, -0.2) is 0 Å². The zero-order chi connectivity index (χ0) is 7.98. The molecule has 0 aliphatic rings. The van der Waals surface area contributed by atoms with Gasteiger partial charge in [-0.1, -0.05) is 0 Å². The monoisotopic (exact) mass is 146 g/mol. The fourth-order valence-electron chi connectivity index (χ4n) is 0.511. The van der Waals surface area contributed by atoms with E-state index in [9.17, 15) is 9.59 Å². The third-order valence-electron chi connectivity index (χ3n) is 1.12. The minimum absolute atomic E-state index is 0.130. The number of aliphatic hydroxyl groups is 2. The van der Waals surface area contributed by atoms with Crippen LogP contribution in [0.5, 0.6) is 0 Å². The van der Waals surface area contributed by atoms with Gasteiger partial charge in [-0.05, 0) is 0 Å². The number of aldehydes is 2. The first-order valence-corrected chi connectivity index (χ1v) is 2.95. The molecule has 2 atom stereocenters. The molecule has 2 N–H and O–H groups in total. The zero-order valence-electron chi connectivity index (χ0n) is 5.43. The lowest BCUT2D eigenvalue weighted by molar-refractivity contribution is -0.115. The molecule has 0 aliphatic heterocycles. The molecule has 0 amide bonds. The second kappa shape index (κ2) is 5.08. The first kappa shape index (κ1) is 9.26. The van der Waals surface area contributed by atoms with Crippen molar-refractivity contribution in [3.05, 3.63) is 0 Å². The van der Waals surface area contributed by atoms with Gasteiger partial charge in [0.25, 0.3) is 0 Å². The van der Waals surface area contributed by atoms with Crippen LogP contribution in [-0.4, -0.2) is 35.0 Å². The van der Waals surface area contributed by atoms with Gasteiger partial charge in [-0.3, -0.25) is 0 Å². The second-order valence-electron chi connectivity index (χ2n) is 1.94. The molecule has 58 valence electrons. The number of hydrogen-bond acceptors (Lipinski definition) is 4. The van der Waals surface area contributed by atoms with Gasteiger partial charge in [-0.2, -0.15) is 0 Å². The molecular weight excluding hydrogens is 136 g/mol. The van der Waals surface area contributed by atoms with Crippen LogP contribution < -0.4 is 0 Å². The summed E-state index contributed by atoms with van der Waals surface area (Å²) in [4.78, 5) is 19.5. The number of aliphatic hydroxyl groups excluding tert-OH is 2. The highest BCUT2D eigenvalue weighted by atomic mass is 16.3. The van der Waals surface area contributed by atoms with Crippen LogP contribution in [0.4, 0.5) is 0 Å². The Hall–Kier alpha value is -0.740. The fourth-order valence-corrected chi connectivity index (χ4v) is 0.511. The van der Waals surface area contributed by atoms with Gasteiger partial charge in [-0.15, -0.1) is 0 Å². The molecule has 0 saturated carbocycles. The van der Waals surface area contributed by atoms with Crippen LogP contribution in [0.3, 0.4) is 0 Å². The normalized spacial score (nSPS) is 15.8. The van der Waals surface area contributed by atoms with Crippen molar-refractivity contribution in [2.45, 2.75) is 25.0 Å². The molecule has 0 aliphatic carbocycles. The van der Waals surface area contributed by atoms with Crippen LogP contribution in [0.2, 0.25) is 0 Å². The fraction of sp³-hybridized carbons (Fsp3) is 0.667. The Labute approximate surface area is 58.5 Å². The molecule has 0 aromatic rings. The molecule has 0 spiro atoms. The summed E-state index contributed by atoms with van der Waals surface area (Å²) in [7, 11) is 0. The third kappa shape index (κ3) is 3.32. The molecule has 4 nitrogen and oxygen atoms in total. The van der Waals surface area contributed by atoms with Gasteiger partial charge >= 0.3 is 0 Å². The minimum atomic E-state index is -1.11. The average Bonchev–Trinajstić information content (AvgIpc) is 1.89. The van der Waals surface area contributed by atoms with E-state index in [2.05, 4.69) is 0 Å². The maximum atomic E-state index is 9.76. The van der Waals surface area contributed by atoms with Crippen LogP contribution in [0.25, 0.3) is 0 Å². The van der Waals surface area contributed by atoms with Crippen molar-refractivity contribution in [1.29, 1.82) is 0 Å². The minimum Gasteiger partial charge on any atom is -0.390 e. The van der Waals surface area contributed by atoms with Crippen LogP contribution in [0.15, 0.2) is 0 Å². The van der Waals surface area contributed by atoms with E-state index in [1.165, 1.54) is 0 Å². The van der Waals surface area contributed by atoms with Crippen molar-refractivity contribution >= 4 is 12.6 Å². The second-order valence-corrected chi connectivity index (χ2v) is 1.94. The Morgan fingerprint density at radius 2 is 1.30 bits per heavy atom. The Morgan fingerprint density at radius 1 is 1.00 bits per heavy atom. The molecule has 2 unspecified atom stereocenters. The topological polar surface area (TPSA) is 74.6 Å². The smallest absolute Gasteiger partial charge is 0.122 e. The first-order chi connectivity index (χ1) is 4.72. The van der Waals surface area contributed by atoms with Crippen LogP contribution in [-0.2, 0) is 9.59 Å². The maximum absolute atomic E-state index is 9.76. The standard InChI is InChI=1S/C6H10O4/c7-3-1-5(9)6(10)2-4-8/h3-6,9-10H,1-2H2. The highest BCUT2D eigenvalue weighted by Crippen LogP contribution is 1.98. The van der Waals surface area contributed by atoms with Crippen LogP contribution >= 0.6 is 0 Å². The Kier molecular flexibility index (Phi) is 4.70. The van der Waals surface area contributed by atoms with Gasteiger partial charge < -0.3 is 19.8 Å². The predicted octanol–water partition coefficient (Wildman–Crippen LogP) is -1.11. The van der Waals surface area contributed by atoms with E-state index in [1.54, 1.807) is 0 Å². The molecule has 0 radical (unpaired) electrons. The van der Waals surface area contributed by atoms with E-state index in [1.807, 2.05) is 0 Å². The summed E-state index contributed by atoms with van der Waals surface area (Å²) in [5.41, 5.74) is 0. The summed E-state index contributed by atoms with van der Waals surface area (Å²) in [5, 5.41) is 17.6. The number of rotatable bonds is 5. The Morgan fingerprint density at radius 3 is 1.50 bits per heavy atom. The molecule has 0 saturated heterocycles. The van der Waals surface area contributed by atoms with Crippen molar-refractivity contribution in [2.24, 2.45) is 0 Å². The molecule has 0 aromatic heterocycles. The van der Waals surface area contributed by atoms with Crippen molar-refractivity contribution in [2.75, 3.05) is 0 Å². The van der Waals surface area contributed by atoms with E-state index in [4.69, 9.17) is 10.2 Å². The van der Waals surface area contributed by atoms with Crippen LogP contribution in [0.1, 0.15) is 12.8 Å². The van der Waals surface area contributed by atoms with Gasteiger partial charge in [0.15, 0.2) is 0 Å². The van der Waals surface area contributed by atoms with E-state index >= 15 is 0 Å². The quantitative estimate of drug-likeness (QED) is 0.482. The molecular formula is C6H10O4. The Balaban J connectivity index is 3.56. The van der Waals surface area contributed by atoms with Gasteiger partial charge in [0.2, 0.25) is 0 Å². The summed E-state index contributed by atoms with van der Waals surface area (Å²) >= 11 is 0. The van der Waals surface area contributed by atoms with Gasteiger partial charge in [0, 0.05) is 12.8 Å². The average molecular weight is 146 g/mol. The summed E-state index contributed by atoms with van der Waals surface area (Å²) in [6.45, 7) is 0. The van der Waals surface area contributed by atoms with E-state index in [0.29, 0.717) is 12.6 Å². The van der Waals surface area contributed by atoms with Crippen LogP contribution in [0, 0.1) is 0 Å². The Bertz CT molecular complexity index is 98.3. The lowest BCUT2D eigenvalue weighted by Gasteiger charge is -2.11. The van der Waals surface area contributed by atoms with Crippen molar-refractivity contribution in [3.8, 4) is 0 Å². The van der Waals surface area contributed by atoms with Crippen molar-refractivity contribution in [3.63, 3.8) is 0 Å². The molecule has 0 rings (SSSR count). The van der Waals surface area contributed by atoms with Gasteiger partial charge in [0.05, 0.1) is 12.2 Å². The van der Waals surface area contributed by atoms with Gasteiger partial charge in [0.1, 0.15) is 12.6 Å². The number of carbonyl (C=O) groups is 2. The van der Waals surface area contributed by atoms with E-state index in [0.717, 1.165) is 0 Å².